The van der Waals surface area contributed by atoms with Crippen LogP contribution in [0.2, 0.25) is 0 Å². The van der Waals surface area contributed by atoms with E-state index in [0.717, 1.165) is 22.5 Å². The fraction of sp³-hybridized carbons (Fsp3) is 0.231. The summed E-state index contributed by atoms with van der Waals surface area (Å²) in [7, 11) is 0. The normalized spacial score (nSPS) is 12.5. The first-order valence-electron chi connectivity index (χ1n) is 6.27. The minimum absolute atomic E-state index is 0.289. The highest BCUT2D eigenvalue weighted by molar-refractivity contribution is 7.16. The fourth-order valence-electron chi connectivity index (χ4n) is 2.04. The summed E-state index contributed by atoms with van der Waals surface area (Å²) >= 11 is 3.35. The summed E-state index contributed by atoms with van der Waals surface area (Å²) in [5.74, 6) is 6.69. The maximum absolute atomic E-state index is 5.42. The Labute approximate surface area is 124 Å². The number of hydrazine groups is 1. The van der Waals surface area contributed by atoms with Gasteiger partial charge in [0.1, 0.15) is 10.6 Å². The van der Waals surface area contributed by atoms with Gasteiger partial charge in [0, 0.05) is 17.3 Å². The second kappa shape index (κ2) is 5.74. The molecule has 3 heterocycles. The highest BCUT2D eigenvalue weighted by Crippen LogP contribution is 2.27. The maximum Gasteiger partial charge on any atom is 0.240 e. The van der Waals surface area contributed by atoms with E-state index >= 15 is 0 Å². The summed E-state index contributed by atoms with van der Waals surface area (Å²) in [5.41, 5.74) is 2.51. The predicted molar refractivity (Wildman–Crippen MR) is 86.3 cm³/mol. The minimum atomic E-state index is 0.289. The Morgan fingerprint density at radius 1 is 1.25 bits per heavy atom. The van der Waals surface area contributed by atoms with Crippen molar-refractivity contribution in [2.45, 2.75) is 19.4 Å². The van der Waals surface area contributed by atoms with Crippen LogP contribution in [0.25, 0.3) is 10.2 Å². The van der Waals surface area contributed by atoms with Crippen molar-refractivity contribution in [3.8, 4) is 0 Å². The summed E-state index contributed by atoms with van der Waals surface area (Å²) in [6.45, 7) is 2.15. The minimum Gasteiger partial charge on any atom is -0.367 e. The van der Waals surface area contributed by atoms with Gasteiger partial charge in [0.25, 0.3) is 0 Å². The van der Waals surface area contributed by atoms with Crippen molar-refractivity contribution in [3.05, 3.63) is 33.8 Å². The fourth-order valence-corrected chi connectivity index (χ4v) is 3.64. The van der Waals surface area contributed by atoms with Gasteiger partial charge in [0.2, 0.25) is 5.95 Å². The van der Waals surface area contributed by atoms with Crippen LogP contribution in [0.3, 0.4) is 0 Å². The Morgan fingerprint density at radius 2 is 2.15 bits per heavy atom. The molecular formula is C13H15N5S2. The van der Waals surface area contributed by atoms with Gasteiger partial charge in [-0.3, -0.25) is 5.43 Å². The molecule has 0 radical (unpaired) electrons. The zero-order chi connectivity index (χ0) is 13.9. The Bertz CT molecular complexity index is 692. The molecule has 5 nitrogen and oxygen atoms in total. The van der Waals surface area contributed by atoms with Crippen LogP contribution in [-0.2, 0) is 6.42 Å². The molecule has 0 aliphatic carbocycles. The van der Waals surface area contributed by atoms with Crippen LogP contribution >= 0.6 is 22.7 Å². The molecule has 1 unspecified atom stereocenters. The van der Waals surface area contributed by atoms with Gasteiger partial charge in [-0.1, -0.05) is 6.07 Å². The van der Waals surface area contributed by atoms with Gasteiger partial charge in [0.05, 0.1) is 5.39 Å². The van der Waals surface area contributed by atoms with E-state index in [4.69, 9.17) is 5.84 Å². The van der Waals surface area contributed by atoms with Gasteiger partial charge < -0.3 is 5.32 Å². The molecule has 0 saturated carbocycles. The van der Waals surface area contributed by atoms with E-state index in [1.54, 1.807) is 22.7 Å². The molecule has 104 valence electrons. The summed E-state index contributed by atoms with van der Waals surface area (Å²) in [6, 6.07) is 6.54. The van der Waals surface area contributed by atoms with Crippen LogP contribution in [-0.4, -0.2) is 16.0 Å². The second-order valence-electron chi connectivity index (χ2n) is 4.51. The van der Waals surface area contributed by atoms with Gasteiger partial charge in [-0.15, -0.1) is 22.7 Å². The van der Waals surface area contributed by atoms with E-state index in [-0.39, 0.29) is 6.04 Å². The predicted octanol–water partition coefficient (Wildman–Crippen LogP) is 3.08. The van der Waals surface area contributed by atoms with Crippen molar-refractivity contribution in [2.75, 3.05) is 10.7 Å². The Morgan fingerprint density at radius 3 is 2.90 bits per heavy atom. The molecule has 3 aromatic rings. The van der Waals surface area contributed by atoms with E-state index in [0.29, 0.717) is 5.95 Å². The number of hydrogen-bond donors (Lipinski definition) is 3. The summed E-state index contributed by atoms with van der Waals surface area (Å²) < 4.78 is 0. The number of hydrogen-bond acceptors (Lipinski definition) is 7. The second-order valence-corrected chi connectivity index (χ2v) is 6.44. The number of nitrogens with zero attached hydrogens (tertiary/aromatic N) is 2. The van der Waals surface area contributed by atoms with E-state index < -0.39 is 0 Å². The lowest BCUT2D eigenvalue weighted by atomic mass is 10.2. The lowest BCUT2D eigenvalue weighted by Crippen LogP contribution is -2.19. The molecule has 0 amide bonds. The third kappa shape index (κ3) is 2.74. The van der Waals surface area contributed by atoms with Crippen LogP contribution in [0.5, 0.6) is 0 Å². The van der Waals surface area contributed by atoms with Crippen LogP contribution in [0, 0.1) is 0 Å². The first-order chi connectivity index (χ1) is 9.76. The van der Waals surface area contributed by atoms with Gasteiger partial charge in [-0.25, -0.2) is 10.8 Å². The topological polar surface area (TPSA) is 75.9 Å². The number of aromatic nitrogens is 2. The largest absolute Gasteiger partial charge is 0.367 e. The number of nitrogen functional groups attached to an aromatic ring is 1. The number of rotatable bonds is 5. The number of nitrogens with one attached hydrogen (secondary N) is 2. The highest BCUT2D eigenvalue weighted by Gasteiger charge is 2.11. The quantitative estimate of drug-likeness (QED) is 0.499. The molecule has 0 aliphatic heterocycles. The third-order valence-electron chi connectivity index (χ3n) is 2.92. The van der Waals surface area contributed by atoms with Crippen LogP contribution in [0.15, 0.2) is 29.0 Å². The number of nitrogens with two attached hydrogens (primary N) is 1. The lowest BCUT2D eigenvalue weighted by molar-refractivity contribution is 0.796. The van der Waals surface area contributed by atoms with Gasteiger partial charge in [0.15, 0.2) is 0 Å². The molecule has 0 fully saturated rings. The monoisotopic (exact) mass is 305 g/mol. The SMILES string of the molecule is CC(Cc1cccs1)Nc1nc(NN)nc2sccc12. The molecular weight excluding hydrogens is 290 g/mol. The van der Waals surface area contributed by atoms with Crippen molar-refractivity contribution in [2.24, 2.45) is 5.84 Å². The smallest absolute Gasteiger partial charge is 0.240 e. The zero-order valence-corrected chi connectivity index (χ0v) is 12.6. The lowest BCUT2D eigenvalue weighted by Gasteiger charge is -2.15. The molecule has 7 heteroatoms. The number of fused-ring (bicyclic) bond motifs is 1. The first kappa shape index (κ1) is 13.3. The van der Waals surface area contributed by atoms with Crippen molar-refractivity contribution in [1.29, 1.82) is 0 Å². The summed E-state index contributed by atoms with van der Waals surface area (Å²) in [6.07, 6.45) is 0.971. The van der Waals surface area contributed by atoms with Gasteiger partial charge in [-0.2, -0.15) is 4.98 Å². The zero-order valence-electron chi connectivity index (χ0n) is 11.0. The molecule has 0 aliphatic rings. The molecule has 0 aromatic carbocycles. The molecule has 4 N–H and O–H groups in total. The average Bonchev–Trinajstić information content (AvgIpc) is 3.09. The molecule has 0 spiro atoms. The molecule has 3 aromatic heterocycles. The maximum atomic E-state index is 5.42. The molecule has 1 atom stereocenters. The summed E-state index contributed by atoms with van der Waals surface area (Å²) in [4.78, 5) is 11.0. The van der Waals surface area contributed by atoms with E-state index in [9.17, 15) is 0 Å². The number of anilines is 2. The van der Waals surface area contributed by atoms with E-state index in [2.05, 4.69) is 45.1 Å². The van der Waals surface area contributed by atoms with Crippen LogP contribution in [0.4, 0.5) is 11.8 Å². The molecule has 0 saturated heterocycles. The van der Waals surface area contributed by atoms with Crippen molar-refractivity contribution in [1.82, 2.24) is 9.97 Å². The molecule has 3 rings (SSSR count). The highest BCUT2D eigenvalue weighted by atomic mass is 32.1. The van der Waals surface area contributed by atoms with Crippen molar-refractivity contribution in [3.63, 3.8) is 0 Å². The Hall–Kier alpha value is -1.70. The van der Waals surface area contributed by atoms with E-state index in [1.165, 1.54) is 4.88 Å². The van der Waals surface area contributed by atoms with Crippen LogP contribution < -0.4 is 16.6 Å². The van der Waals surface area contributed by atoms with Gasteiger partial charge >= 0.3 is 0 Å². The van der Waals surface area contributed by atoms with E-state index in [1.807, 2.05) is 11.4 Å². The van der Waals surface area contributed by atoms with Gasteiger partial charge in [-0.05, 0) is 29.8 Å². The summed E-state index contributed by atoms with van der Waals surface area (Å²) in [5, 5.41) is 8.59. The third-order valence-corrected chi connectivity index (χ3v) is 4.63. The first-order valence-corrected chi connectivity index (χ1v) is 8.03. The van der Waals surface area contributed by atoms with Crippen molar-refractivity contribution < 1.29 is 0 Å². The van der Waals surface area contributed by atoms with Crippen molar-refractivity contribution >= 4 is 44.7 Å². The molecule has 20 heavy (non-hydrogen) atoms. The number of thiophene rings is 2. The standard InChI is InChI=1S/C13H15N5S2/c1-8(7-9-3-2-5-19-9)15-11-10-4-6-20-12(10)17-13(16-11)18-14/h2-6,8H,7,14H2,1H3,(H2,15,16,17,18). The molecule has 0 bridgehead atoms. The van der Waals surface area contributed by atoms with Crippen LogP contribution in [0.1, 0.15) is 11.8 Å². The Balaban J connectivity index is 1.84. The Kier molecular flexibility index (Phi) is 3.81. The average molecular weight is 305 g/mol.